The highest BCUT2D eigenvalue weighted by atomic mass is 79.9. The molecule has 0 aliphatic heterocycles. The molecule has 0 aliphatic carbocycles. The lowest BCUT2D eigenvalue weighted by Gasteiger charge is -2.19. The van der Waals surface area contributed by atoms with Crippen molar-refractivity contribution in [2.45, 2.75) is 19.4 Å². The third-order valence-electron chi connectivity index (χ3n) is 3.02. The van der Waals surface area contributed by atoms with Gasteiger partial charge in [0.15, 0.2) is 0 Å². The molecule has 2 aromatic rings. The monoisotopic (exact) mass is 359 g/mol. The van der Waals surface area contributed by atoms with Crippen molar-refractivity contribution in [3.05, 3.63) is 63.1 Å². The molecule has 0 amide bonds. The number of hydrogen-bond acceptors (Lipinski definition) is 1. The molecular weight excluding hydrogens is 348 g/mol. The number of benzene rings is 2. The Kier molecular flexibility index (Phi) is 5.00. The van der Waals surface area contributed by atoms with E-state index in [2.05, 4.69) is 21.2 Å². The SMILES string of the molecule is CCC(Nc1cc(Br)c(F)cc1F)c1ccc(Cl)cc1. The summed E-state index contributed by atoms with van der Waals surface area (Å²) in [7, 11) is 0. The fourth-order valence-corrected chi connectivity index (χ4v) is 2.41. The van der Waals surface area contributed by atoms with Gasteiger partial charge in [0, 0.05) is 11.1 Å². The van der Waals surface area contributed by atoms with E-state index in [1.54, 1.807) is 12.1 Å². The Morgan fingerprint density at radius 2 is 1.80 bits per heavy atom. The van der Waals surface area contributed by atoms with Gasteiger partial charge >= 0.3 is 0 Å². The summed E-state index contributed by atoms with van der Waals surface area (Å²) in [5.41, 5.74) is 1.26. The third kappa shape index (κ3) is 3.49. The Hall–Kier alpha value is -1.13. The Balaban J connectivity index is 2.26. The van der Waals surface area contributed by atoms with E-state index in [-0.39, 0.29) is 16.2 Å². The highest BCUT2D eigenvalue weighted by Crippen LogP contribution is 2.29. The number of hydrogen-bond donors (Lipinski definition) is 1. The maximum absolute atomic E-state index is 13.8. The van der Waals surface area contributed by atoms with E-state index in [0.29, 0.717) is 5.02 Å². The molecule has 2 rings (SSSR count). The molecule has 0 bridgehead atoms. The minimum atomic E-state index is -0.618. The predicted octanol–water partition coefficient (Wildman–Crippen LogP) is 5.94. The van der Waals surface area contributed by atoms with Crippen molar-refractivity contribution in [2.75, 3.05) is 5.32 Å². The molecule has 2 aromatic carbocycles. The van der Waals surface area contributed by atoms with Gasteiger partial charge in [0.2, 0.25) is 0 Å². The number of halogens is 4. The summed E-state index contributed by atoms with van der Waals surface area (Å²) in [5, 5.41) is 3.74. The molecule has 1 N–H and O–H groups in total. The van der Waals surface area contributed by atoms with Gasteiger partial charge in [-0.2, -0.15) is 0 Å². The van der Waals surface area contributed by atoms with Crippen LogP contribution >= 0.6 is 27.5 Å². The second kappa shape index (κ2) is 6.55. The van der Waals surface area contributed by atoms with Crippen molar-refractivity contribution in [1.82, 2.24) is 0 Å². The van der Waals surface area contributed by atoms with Crippen molar-refractivity contribution < 1.29 is 8.78 Å². The zero-order valence-electron chi connectivity index (χ0n) is 10.8. The van der Waals surface area contributed by atoms with Crippen LogP contribution in [0.15, 0.2) is 40.9 Å². The van der Waals surface area contributed by atoms with Crippen LogP contribution < -0.4 is 5.32 Å². The van der Waals surface area contributed by atoms with Gasteiger partial charge in [0.1, 0.15) is 11.6 Å². The molecule has 0 saturated heterocycles. The number of rotatable bonds is 4. The lowest BCUT2D eigenvalue weighted by Crippen LogP contribution is -2.11. The van der Waals surface area contributed by atoms with Crippen molar-refractivity contribution in [3.8, 4) is 0 Å². The number of anilines is 1. The molecule has 0 aliphatic rings. The highest BCUT2D eigenvalue weighted by molar-refractivity contribution is 9.10. The first-order valence-corrected chi connectivity index (χ1v) is 7.35. The first kappa shape index (κ1) is 15.3. The maximum Gasteiger partial charge on any atom is 0.149 e. The van der Waals surface area contributed by atoms with E-state index >= 15 is 0 Å². The molecule has 0 spiro atoms. The lowest BCUT2D eigenvalue weighted by atomic mass is 10.0. The van der Waals surface area contributed by atoms with Crippen LogP contribution in [-0.4, -0.2) is 0 Å². The molecule has 20 heavy (non-hydrogen) atoms. The average molecular weight is 361 g/mol. The molecule has 0 saturated carbocycles. The van der Waals surface area contributed by atoms with Crippen LogP contribution in [-0.2, 0) is 0 Å². The molecule has 1 unspecified atom stereocenters. The molecule has 0 aromatic heterocycles. The van der Waals surface area contributed by atoms with Crippen LogP contribution in [0.2, 0.25) is 5.02 Å². The van der Waals surface area contributed by atoms with Crippen LogP contribution in [0.4, 0.5) is 14.5 Å². The second-order valence-corrected chi connectivity index (χ2v) is 5.69. The predicted molar refractivity (Wildman–Crippen MR) is 82.2 cm³/mol. The zero-order valence-corrected chi connectivity index (χ0v) is 13.1. The Morgan fingerprint density at radius 1 is 1.15 bits per heavy atom. The summed E-state index contributed by atoms with van der Waals surface area (Å²) in [4.78, 5) is 0. The molecule has 1 atom stereocenters. The van der Waals surface area contributed by atoms with Gasteiger partial charge in [-0.3, -0.25) is 0 Å². The third-order valence-corrected chi connectivity index (χ3v) is 3.88. The minimum absolute atomic E-state index is 0.0703. The van der Waals surface area contributed by atoms with Crippen molar-refractivity contribution >= 4 is 33.2 Å². The topological polar surface area (TPSA) is 12.0 Å². The fourth-order valence-electron chi connectivity index (χ4n) is 1.94. The Labute approximate surface area is 130 Å². The smallest absolute Gasteiger partial charge is 0.149 e. The highest BCUT2D eigenvalue weighted by Gasteiger charge is 2.14. The van der Waals surface area contributed by atoms with Gasteiger partial charge < -0.3 is 5.32 Å². The van der Waals surface area contributed by atoms with E-state index in [1.807, 2.05) is 19.1 Å². The Bertz CT molecular complexity index is 602. The molecular formula is C15H13BrClF2N. The fraction of sp³-hybridized carbons (Fsp3) is 0.200. The summed E-state index contributed by atoms with van der Waals surface area (Å²) >= 11 is 8.91. The van der Waals surface area contributed by atoms with E-state index in [9.17, 15) is 8.78 Å². The zero-order chi connectivity index (χ0) is 14.7. The number of nitrogens with one attached hydrogen (secondary N) is 1. The van der Waals surface area contributed by atoms with E-state index in [4.69, 9.17) is 11.6 Å². The molecule has 1 nitrogen and oxygen atoms in total. The summed E-state index contributed by atoms with van der Waals surface area (Å²) in [6.07, 6.45) is 0.760. The van der Waals surface area contributed by atoms with E-state index in [1.165, 1.54) is 6.07 Å². The summed E-state index contributed by atoms with van der Waals surface area (Å²) in [6.45, 7) is 1.99. The molecule has 0 radical (unpaired) electrons. The van der Waals surface area contributed by atoms with Gasteiger partial charge in [-0.05, 0) is 46.1 Å². The average Bonchev–Trinajstić information content (AvgIpc) is 2.42. The molecule has 5 heteroatoms. The largest absolute Gasteiger partial charge is 0.376 e. The maximum atomic E-state index is 13.8. The van der Waals surface area contributed by atoms with Crippen molar-refractivity contribution in [2.24, 2.45) is 0 Å². The van der Waals surface area contributed by atoms with Gasteiger partial charge in [-0.25, -0.2) is 8.78 Å². The van der Waals surface area contributed by atoms with Crippen molar-refractivity contribution in [1.29, 1.82) is 0 Å². The van der Waals surface area contributed by atoms with Gasteiger partial charge in [0.25, 0.3) is 0 Å². The molecule has 0 fully saturated rings. The van der Waals surface area contributed by atoms with Crippen LogP contribution in [0.25, 0.3) is 0 Å². The van der Waals surface area contributed by atoms with Gasteiger partial charge in [-0.15, -0.1) is 0 Å². The van der Waals surface area contributed by atoms with E-state index in [0.717, 1.165) is 18.1 Å². The van der Waals surface area contributed by atoms with Crippen molar-refractivity contribution in [3.63, 3.8) is 0 Å². The van der Waals surface area contributed by atoms with Gasteiger partial charge in [0.05, 0.1) is 16.2 Å². The quantitative estimate of drug-likeness (QED) is 0.665. The van der Waals surface area contributed by atoms with Crippen LogP contribution in [0.1, 0.15) is 24.9 Å². The van der Waals surface area contributed by atoms with E-state index < -0.39 is 11.6 Å². The summed E-state index contributed by atoms with van der Waals surface area (Å²) in [6, 6.07) is 9.56. The lowest BCUT2D eigenvalue weighted by molar-refractivity contribution is 0.578. The minimum Gasteiger partial charge on any atom is -0.376 e. The van der Waals surface area contributed by atoms with Crippen LogP contribution in [0.3, 0.4) is 0 Å². The standard InChI is InChI=1S/C15H13BrClF2N/c1-2-14(9-3-5-10(17)6-4-9)20-15-7-11(16)12(18)8-13(15)19/h3-8,14,20H,2H2,1H3. The van der Waals surface area contributed by atoms with Crippen LogP contribution in [0, 0.1) is 11.6 Å². The van der Waals surface area contributed by atoms with Gasteiger partial charge in [-0.1, -0.05) is 30.7 Å². The normalized spacial score (nSPS) is 12.2. The summed E-state index contributed by atoms with van der Waals surface area (Å²) < 4.78 is 27.2. The van der Waals surface area contributed by atoms with Crippen LogP contribution in [0.5, 0.6) is 0 Å². The molecule has 0 heterocycles. The summed E-state index contributed by atoms with van der Waals surface area (Å²) in [5.74, 6) is -1.23. The first-order chi connectivity index (χ1) is 9.51. The first-order valence-electron chi connectivity index (χ1n) is 6.17. The Morgan fingerprint density at radius 3 is 2.40 bits per heavy atom. The second-order valence-electron chi connectivity index (χ2n) is 4.40. The molecule has 106 valence electrons.